The maximum Gasteiger partial charge on any atom is 0.00885 e. The van der Waals surface area contributed by atoms with Gasteiger partial charge in [0.05, 0.1) is 0 Å². The van der Waals surface area contributed by atoms with Crippen molar-refractivity contribution in [1.82, 2.24) is 0 Å². The molecule has 0 atom stereocenters. The topological polar surface area (TPSA) is 0 Å². The van der Waals surface area contributed by atoms with Gasteiger partial charge in [0, 0.05) is 6.42 Å². The van der Waals surface area contributed by atoms with Gasteiger partial charge in [0.15, 0.2) is 0 Å². The summed E-state index contributed by atoms with van der Waals surface area (Å²) in [5.74, 6) is 5.91. The first-order valence-corrected chi connectivity index (χ1v) is 3.31. The van der Waals surface area contributed by atoms with Gasteiger partial charge in [-0.05, 0) is 13.3 Å². The van der Waals surface area contributed by atoms with E-state index in [1.807, 2.05) is 6.92 Å². The van der Waals surface area contributed by atoms with Crippen LogP contribution in [-0.2, 0) is 0 Å². The molecule has 54 valence electrons. The van der Waals surface area contributed by atoms with Crippen molar-refractivity contribution in [3.8, 4) is 11.8 Å². The van der Waals surface area contributed by atoms with Crippen molar-refractivity contribution in [3.05, 3.63) is 0 Å². The Morgan fingerprint density at radius 2 is 1.89 bits per heavy atom. The van der Waals surface area contributed by atoms with E-state index in [0.717, 1.165) is 6.42 Å². The smallest absolute Gasteiger partial charge is 0.00885 e. The molecule has 0 fully saturated rings. The van der Waals surface area contributed by atoms with Crippen LogP contribution in [0.5, 0.6) is 0 Å². The fraction of sp³-hybridized carbons (Fsp3) is 0.750. The number of hydrogen-bond donors (Lipinski definition) is 0. The van der Waals surface area contributed by atoms with Crippen LogP contribution in [0.15, 0.2) is 0 Å². The molecular weight excluding hydrogens is 176 g/mol. The predicted molar refractivity (Wildman–Crippen MR) is 37.6 cm³/mol. The molecule has 0 N–H and O–H groups in total. The van der Waals surface area contributed by atoms with Gasteiger partial charge in [0.25, 0.3) is 0 Å². The summed E-state index contributed by atoms with van der Waals surface area (Å²) in [6.07, 6.45) is 4.99. The minimum Gasteiger partial charge on any atom is -1.00 e. The van der Waals surface area contributed by atoms with E-state index in [1.165, 1.54) is 19.3 Å². The summed E-state index contributed by atoms with van der Waals surface area (Å²) >= 11 is 0. The lowest BCUT2D eigenvalue weighted by molar-refractivity contribution is -0.00000186. The molecular formula is C8H14Br-. The number of rotatable bonds is 3. The maximum atomic E-state index is 3.03. The second-order valence-corrected chi connectivity index (χ2v) is 1.88. The Hall–Kier alpha value is 0.0400. The average Bonchev–Trinajstić information content (AvgIpc) is 1.81. The second kappa shape index (κ2) is 10.9. The first kappa shape index (κ1) is 11.8. The molecule has 0 spiro atoms. The molecule has 0 aromatic rings. The Kier molecular flexibility index (Phi) is 14.3. The van der Waals surface area contributed by atoms with E-state index in [1.54, 1.807) is 0 Å². The van der Waals surface area contributed by atoms with E-state index in [9.17, 15) is 0 Å². The highest BCUT2D eigenvalue weighted by molar-refractivity contribution is 4.94. The first-order valence-electron chi connectivity index (χ1n) is 3.31. The van der Waals surface area contributed by atoms with E-state index >= 15 is 0 Å². The SMILES string of the molecule is CC#CCCCCC.[Br-]. The van der Waals surface area contributed by atoms with Crippen LogP contribution in [0.25, 0.3) is 0 Å². The largest absolute Gasteiger partial charge is 1.00 e. The molecule has 0 aliphatic rings. The first-order chi connectivity index (χ1) is 3.91. The van der Waals surface area contributed by atoms with E-state index in [-0.39, 0.29) is 17.0 Å². The molecule has 0 aliphatic heterocycles. The van der Waals surface area contributed by atoms with Crippen molar-refractivity contribution in [2.45, 2.75) is 39.5 Å². The molecule has 0 unspecified atom stereocenters. The minimum atomic E-state index is 0. The van der Waals surface area contributed by atoms with Crippen molar-refractivity contribution >= 4 is 0 Å². The van der Waals surface area contributed by atoms with Gasteiger partial charge in [-0.25, -0.2) is 0 Å². The minimum absolute atomic E-state index is 0. The van der Waals surface area contributed by atoms with Crippen LogP contribution >= 0.6 is 0 Å². The van der Waals surface area contributed by atoms with Gasteiger partial charge in [-0.1, -0.05) is 19.8 Å². The fourth-order valence-electron chi connectivity index (χ4n) is 0.588. The standard InChI is InChI=1S/C8H14.BrH/c1-3-5-7-8-6-4-2;/h3,5,7-8H2,1-2H3;1H/p-1. The molecule has 0 saturated carbocycles. The highest BCUT2D eigenvalue weighted by Gasteiger charge is 1.78. The van der Waals surface area contributed by atoms with Crippen molar-refractivity contribution in [2.24, 2.45) is 0 Å². The molecule has 1 heteroatoms. The molecule has 0 aromatic carbocycles. The Labute approximate surface area is 68.8 Å². The Balaban J connectivity index is 0. The third-order valence-electron chi connectivity index (χ3n) is 1.08. The second-order valence-electron chi connectivity index (χ2n) is 1.88. The summed E-state index contributed by atoms with van der Waals surface area (Å²) in [4.78, 5) is 0. The molecule has 0 rings (SSSR count). The van der Waals surface area contributed by atoms with Gasteiger partial charge in [-0.3, -0.25) is 0 Å². The summed E-state index contributed by atoms with van der Waals surface area (Å²) < 4.78 is 0. The van der Waals surface area contributed by atoms with Crippen LogP contribution in [0.2, 0.25) is 0 Å². The van der Waals surface area contributed by atoms with Crippen molar-refractivity contribution in [1.29, 1.82) is 0 Å². The van der Waals surface area contributed by atoms with E-state index in [4.69, 9.17) is 0 Å². The van der Waals surface area contributed by atoms with Gasteiger partial charge < -0.3 is 17.0 Å². The molecule has 0 heterocycles. The van der Waals surface area contributed by atoms with Crippen LogP contribution in [-0.4, -0.2) is 0 Å². The summed E-state index contributed by atoms with van der Waals surface area (Å²) in [7, 11) is 0. The third kappa shape index (κ3) is 11.5. The van der Waals surface area contributed by atoms with Crippen LogP contribution in [0, 0.1) is 11.8 Å². The lowest BCUT2D eigenvalue weighted by Crippen LogP contribution is -3.00. The number of unbranched alkanes of at least 4 members (excludes halogenated alkanes) is 3. The van der Waals surface area contributed by atoms with Crippen molar-refractivity contribution in [2.75, 3.05) is 0 Å². The van der Waals surface area contributed by atoms with Gasteiger partial charge >= 0.3 is 0 Å². The number of hydrogen-bond acceptors (Lipinski definition) is 0. The quantitative estimate of drug-likeness (QED) is 0.419. The molecule has 0 nitrogen and oxygen atoms in total. The van der Waals surface area contributed by atoms with E-state index in [0.29, 0.717) is 0 Å². The van der Waals surface area contributed by atoms with Gasteiger partial charge in [-0.15, -0.1) is 11.8 Å². The number of halogens is 1. The molecule has 0 aliphatic carbocycles. The summed E-state index contributed by atoms with van der Waals surface area (Å²) in [5, 5.41) is 0. The molecule has 0 aromatic heterocycles. The van der Waals surface area contributed by atoms with Gasteiger partial charge in [0.1, 0.15) is 0 Å². The van der Waals surface area contributed by atoms with Crippen LogP contribution < -0.4 is 17.0 Å². The van der Waals surface area contributed by atoms with Gasteiger partial charge in [-0.2, -0.15) is 0 Å². The van der Waals surface area contributed by atoms with E-state index < -0.39 is 0 Å². The Morgan fingerprint density at radius 3 is 2.33 bits per heavy atom. The van der Waals surface area contributed by atoms with Gasteiger partial charge in [0.2, 0.25) is 0 Å². The molecule has 0 radical (unpaired) electrons. The maximum absolute atomic E-state index is 3.03. The summed E-state index contributed by atoms with van der Waals surface area (Å²) in [6.45, 7) is 4.10. The molecule has 0 bridgehead atoms. The van der Waals surface area contributed by atoms with Crippen molar-refractivity contribution in [3.63, 3.8) is 0 Å². The van der Waals surface area contributed by atoms with Crippen LogP contribution in [0.4, 0.5) is 0 Å². The van der Waals surface area contributed by atoms with E-state index in [2.05, 4.69) is 18.8 Å². The lowest BCUT2D eigenvalue weighted by Gasteiger charge is -1.86. The Bertz CT molecular complexity index is 86.5. The zero-order chi connectivity index (χ0) is 6.24. The summed E-state index contributed by atoms with van der Waals surface area (Å²) in [6, 6.07) is 0. The van der Waals surface area contributed by atoms with Crippen LogP contribution in [0.3, 0.4) is 0 Å². The van der Waals surface area contributed by atoms with Crippen molar-refractivity contribution < 1.29 is 17.0 Å². The van der Waals surface area contributed by atoms with Crippen LogP contribution in [0.1, 0.15) is 39.5 Å². The molecule has 9 heavy (non-hydrogen) atoms. The monoisotopic (exact) mass is 189 g/mol. The zero-order valence-corrected chi connectivity index (χ0v) is 7.79. The zero-order valence-electron chi connectivity index (χ0n) is 6.21. The molecule has 0 saturated heterocycles. The average molecular weight is 190 g/mol. The predicted octanol–water partition coefficient (Wildman–Crippen LogP) is -0.406. The molecule has 0 amide bonds. The highest BCUT2D eigenvalue weighted by atomic mass is 79.9. The highest BCUT2D eigenvalue weighted by Crippen LogP contribution is 1.95. The summed E-state index contributed by atoms with van der Waals surface area (Å²) in [5.41, 5.74) is 0. The normalized spacial score (nSPS) is 6.89. The lowest BCUT2D eigenvalue weighted by atomic mass is 10.2. The Morgan fingerprint density at radius 1 is 1.22 bits per heavy atom. The fourth-order valence-corrected chi connectivity index (χ4v) is 0.588. The third-order valence-corrected chi connectivity index (χ3v) is 1.08.